The molecular weight excluding hydrogens is 400 g/mol. The largest absolute Gasteiger partial charge is 0.469 e. The van der Waals surface area contributed by atoms with Gasteiger partial charge in [-0.1, -0.05) is 62.6 Å². The Morgan fingerprint density at radius 3 is 2.63 bits per heavy atom. The molecule has 1 fully saturated rings. The normalized spacial score (nSPS) is 25.0. The molecule has 2 N–H and O–H groups in total. The number of alkyl halides is 1. The number of unbranched alkanes of at least 4 members (excludes halogenated alkanes) is 3. The van der Waals surface area contributed by atoms with Crippen LogP contribution in [0.1, 0.15) is 87.9 Å². The first kappa shape index (κ1) is 24.9. The van der Waals surface area contributed by atoms with Crippen LogP contribution in [0.3, 0.4) is 0 Å². The number of carbonyl (C=O) groups is 1. The molecule has 0 aromatic heterocycles. The molecule has 4 nitrogen and oxygen atoms in total. The van der Waals surface area contributed by atoms with E-state index >= 15 is 0 Å². The summed E-state index contributed by atoms with van der Waals surface area (Å²) in [5.74, 6) is -0.0144. The zero-order chi connectivity index (χ0) is 21.9. The van der Waals surface area contributed by atoms with Crippen molar-refractivity contribution in [1.29, 1.82) is 0 Å². The highest BCUT2D eigenvalue weighted by molar-refractivity contribution is 6.21. The van der Waals surface area contributed by atoms with Crippen LogP contribution < -0.4 is 0 Å². The van der Waals surface area contributed by atoms with Crippen LogP contribution >= 0.6 is 11.6 Å². The highest BCUT2D eigenvalue weighted by Gasteiger charge is 2.41. The van der Waals surface area contributed by atoms with Gasteiger partial charge in [0.25, 0.3) is 0 Å². The van der Waals surface area contributed by atoms with E-state index in [1.54, 1.807) is 0 Å². The van der Waals surface area contributed by atoms with Crippen molar-refractivity contribution >= 4 is 17.6 Å². The van der Waals surface area contributed by atoms with Crippen molar-refractivity contribution in [1.82, 2.24) is 0 Å². The Kier molecular flexibility index (Phi) is 10.9. The summed E-state index contributed by atoms with van der Waals surface area (Å²) < 4.78 is 4.65. The molecule has 0 bridgehead atoms. The fourth-order valence-corrected chi connectivity index (χ4v) is 4.80. The van der Waals surface area contributed by atoms with Crippen LogP contribution in [0.4, 0.5) is 0 Å². The third-order valence-electron chi connectivity index (χ3n) is 6.15. The minimum Gasteiger partial charge on any atom is -0.469 e. The van der Waals surface area contributed by atoms with Crippen LogP contribution in [0.2, 0.25) is 0 Å². The molecule has 0 amide bonds. The van der Waals surface area contributed by atoms with E-state index in [2.05, 4.69) is 23.8 Å². The van der Waals surface area contributed by atoms with E-state index in [9.17, 15) is 15.0 Å². The number of carbonyl (C=O) groups excluding carboxylic acids is 1. The molecular formula is C25H37ClO4. The van der Waals surface area contributed by atoms with Crippen molar-refractivity contribution < 1.29 is 19.7 Å². The van der Waals surface area contributed by atoms with E-state index < -0.39 is 12.2 Å². The first-order valence-electron chi connectivity index (χ1n) is 11.3. The first-order valence-corrected chi connectivity index (χ1v) is 11.7. The number of ether oxygens (including phenoxy) is 1. The third kappa shape index (κ3) is 7.40. The molecule has 1 aromatic carbocycles. The molecule has 168 valence electrons. The molecule has 1 aliphatic carbocycles. The summed E-state index contributed by atoms with van der Waals surface area (Å²) in [6.45, 7) is 2.16. The fourth-order valence-electron chi connectivity index (χ4n) is 4.36. The highest BCUT2D eigenvalue weighted by atomic mass is 35.5. The lowest BCUT2D eigenvalue weighted by atomic mass is 9.84. The maximum Gasteiger partial charge on any atom is 0.305 e. The number of hydrogen-bond donors (Lipinski definition) is 2. The Labute approximate surface area is 186 Å². The second-order valence-corrected chi connectivity index (χ2v) is 8.92. The molecule has 0 heterocycles. The molecule has 2 rings (SSSR count). The van der Waals surface area contributed by atoms with E-state index in [1.165, 1.54) is 7.11 Å². The summed E-state index contributed by atoms with van der Waals surface area (Å²) >= 11 is 6.58. The van der Waals surface area contributed by atoms with Gasteiger partial charge >= 0.3 is 5.97 Å². The van der Waals surface area contributed by atoms with E-state index in [-0.39, 0.29) is 23.2 Å². The first-order chi connectivity index (χ1) is 14.5. The van der Waals surface area contributed by atoms with E-state index in [1.807, 2.05) is 24.3 Å². The molecule has 1 saturated carbocycles. The summed E-state index contributed by atoms with van der Waals surface area (Å²) in [6.07, 6.45) is 10.8. The number of aliphatic hydroxyl groups is 2. The third-order valence-corrected chi connectivity index (χ3v) is 6.65. The maximum absolute atomic E-state index is 11.2. The Morgan fingerprint density at radius 2 is 1.97 bits per heavy atom. The zero-order valence-electron chi connectivity index (χ0n) is 18.3. The number of rotatable bonds is 12. The van der Waals surface area contributed by atoms with Gasteiger partial charge in [-0.3, -0.25) is 4.79 Å². The lowest BCUT2D eigenvalue weighted by molar-refractivity contribution is -0.140. The number of esters is 1. The minimum atomic E-state index is -0.453. The Bertz CT molecular complexity index is 658. The number of benzene rings is 1. The van der Waals surface area contributed by atoms with Gasteiger partial charge in [0.05, 0.1) is 19.3 Å². The zero-order valence-corrected chi connectivity index (χ0v) is 19.1. The van der Waals surface area contributed by atoms with Gasteiger partial charge in [-0.2, -0.15) is 0 Å². The summed E-state index contributed by atoms with van der Waals surface area (Å²) in [7, 11) is 1.41. The SMILES string of the molecule is CCCCCC(O)c1ccc([C@@H]2[C@@H](C/C=C\CCCC(=O)OC)[C@@H](Cl)C[C@H]2O)cc1. The number of aliphatic hydroxyl groups excluding tert-OH is 2. The van der Waals surface area contributed by atoms with E-state index in [0.29, 0.717) is 12.8 Å². The lowest BCUT2D eigenvalue weighted by Crippen LogP contribution is -2.18. The van der Waals surface area contributed by atoms with Gasteiger partial charge in [0, 0.05) is 17.7 Å². The monoisotopic (exact) mass is 436 g/mol. The smallest absolute Gasteiger partial charge is 0.305 e. The van der Waals surface area contributed by atoms with Crippen LogP contribution in [0, 0.1) is 5.92 Å². The van der Waals surface area contributed by atoms with Crippen LogP contribution in [-0.2, 0) is 9.53 Å². The summed E-state index contributed by atoms with van der Waals surface area (Å²) in [5, 5.41) is 20.9. The summed E-state index contributed by atoms with van der Waals surface area (Å²) in [5.41, 5.74) is 2.02. The molecule has 0 saturated heterocycles. The van der Waals surface area contributed by atoms with Gasteiger partial charge in [0.1, 0.15) is 0 Å². The Morgan fingerprint density at radius 1 is 1.23 bits per heavy atom. The molecule has 5 atom stereocenters. The van der Waals surface area contributed by atoms with Gasteiger partial charge < -0.3 is 14.9 Å². The molecule has 1 unspecified atom stereocenters. The lowest BCUT2D eigenvalue weighted by Gasteiger charge is -2.23. The second-order valence-electron chi connectivity index (χ2n) is 8.36. The van der Waals surface area contributed by atoms with Gasteiger partial charge in [-0.25, -0.2) is 0 Å². The van der Waals surface area contributed by atoms with E-state index in [4.69, 9.17) is 11.6 Å². The van der Waals surface area contributed by atoms with Crippen molar-refractivity contribution in [3.63, 3.8) is 0 Å². The molecule has 30 heavy (non-hydrogen) atoms. The molecule has 0 radical (unpaired) electrons. The quantitative estimate of drug-likeness (QED) is 0.192. The van der Waals surface area contributed by atoms with Gasteiger partial charge in [-0.05, 0) is 49.1 Å². The van der Waals surface area contributed by atoms with Gasteiger partial charge in [0.15, 0.2) is 0 Å². The predicted octanol–water partition coefficient (Wildman–Crippen LogP) is 5.66. The summed E-state index contributed by atoms with van der Waals surface area (Å²) in [6, 6.07) is 8.04. The number of halogens is 1. The Balaban J connectivity index is 1.94. The van der Waals surface area contributed by atoms with Gasteiger partial charge in [0.2, 0.25) is 0 Å². The molecule has 0 aliphatic heterocycles. The van der Waals surface area contributed by atoms with Crippen LogP contribution in [0.5, 0.6) is 0 Å². The standard InChI is InChI=1S/C25H37ClO4/c1-3-4-7-11-22(27)18-13-15-19(16-14-18)25-20(21(26)17-23(25)28)10-8-5-6-9-12-24(29)30-2/h5,8,13-16,20-23,25,27-28H,3-4,6-7,9-12,17H2,1-2H3/b8-5-/t20-,21-,22?,23+,25+/m0/s1. The second kappa shape index (κ2) is 13.1. The molecule has 1 aliphatic rings. The molecule has 5 heteroatoms. The number of methoxy groups -OCH3 is 1. The van der Waals surface area contributed by atoms with Crippen molar-refractivity contribution in [2.45, 2.75) is 88.2 Å². The van der Waals surface area contributed by atoms with Crippen molar-refractivity contribution in [2.24, 2.45) is 5.92 Å². The number of hydrogen-bond acceptors (Lipinski definition) is 4. The van der Waals surface area contributed by atoms with Crippen molar-refractivity contribution in [2.75, 3.05) is 7.11 Å². The molecule has 1 aromatic rings. The van der Waals surface area contributed by atoms with Crippen LogP contribution in [-0.4, -0.2) is 34.8 Å². The maximum atomic E-state index is 11.2. The average molecular weight is 437 g/mol. The van der Waals surface area contributed by atoms with E-state index in [0.717, 1.165) is 56.1 Å². The Hall–Kier alpha value is -1.36. The predicted molar refractivity (Wildman–Crippen MR) is 122 cm³/mol. The van der Waals surface area contributed by atoms with Crippen LogP contribution in [0.15, 0.2) is 36.4 Å². The molecule has 0 spiro atoms. The minimum absolute atomic E-state index is 0.00139. The van der Waals surface area contributed by atoms with Crippen molar-refractivity contribution in [3.8, 4) is 0 Å². The van der Waals surface area contributed by atoms with Gasteiger partial charge in [-0.15, -0.1) is 11.6 Å². The topological polar surface area (TPSA) is 66.8 Å². The highest BCUT2D eigenvalue weighted by Crippen LogP contribution is 2.45. The van der Waals surface area contributed by atoms with Crippen molar-refractivity contribution in [3.05, 3.63) is 47.5 Å². The summed E-state index contributed by atoms with van der Waals surface area (Å²) in [4.78, 5) is 11.2. The fraction of sp³-hybridized carbons (Fsp3) is 0.640. The van der Waals surface area contributed by atoms with Crippen LogP contribution in [0.25, 0.3) is 0 Å². The number of allylic oxidation sites excluding steroid dienone is 2. The average Bonchev–Trinajstić information content (AvgIpc) is 3.03.